The minimum Gasteiger partial charge on any atom is -0.351 e. The molecule has 0 amide bonds. The molecule has 4 atom stereocenters. The van der Waals surface area contributed by atoms with Gasteiger partial charge in [-0.05, 0) is 19.3 Å². The van der Waals surface area contributed by atoms with Gasteiger partial charge in [-0.2, -0.15) is 0 Å². The SMILES string of the molecule is CCC#CCCO[C@@H]1OC(C)CC(C)[C@H]1C. The lowest BCUT2D eigenvalue weighted by atomic mass is 9.88. The predicted molar refractivity (Wildman–Crippen MR) is 65.9 cm³/mol. The van der Waals surface area contributed by atoms with Crippen LogP contribution in [-0.2, 0) is 9.47 Å². The summed E-state index contributed by atoms with van der Waals surface area (Å²) in [5.74, 6) is 7.28. The van der Waals surface area contributed by atoms with Crippen molar-refractivity contribution in [3.05, 3.63) is 0 Å². The maximum Gasteiger partial charge on any atom is 0.160 e. The van der Waals surface area contributed by atoms with Gasteiger partial charge in [0.2, 0.25) is 0 Å². The van der Waals surface area contributed by atoms with E-state index in [0.29, 0.717) is 24.5 Å². The zero-order chi connectivity index (χ0) is 12.0. The molecule has 0 radical (unpaired) electrons. The van der Waals surface area contributed by atoms with Crippen LogP contribution in [0.25, 0.3) is 0 Å². The Bertz CT molecular complexity index is 251. The van der Waals surface area contributed by atoms with Crippen molar-refractivity contribution in [1.82, 2.24) is 0 Å². The van der Waals surface area contributed by atoms with Crippen LogP contribution < -0.4 is 0 Å². The van der Waals surface area contributed by atoms with Crippen molar-refractivity contribution >= 4 is 0 Å². The van der Waals surface area contributed by atoms with Gasteiger partial charge in [-0.15, -0.1) is 11.8 Å². The highest BCUT2D eigenvalue weighted by Gasteiger charge is 2.31. The maximum absolute atomic E-state index is 5.81. The molecular weight excluding hydrogens is 200 g/mol. The fraction of sp³-hybridized carbons (Fsp3) is 0.857. The molecule has 1 aliphatic heterocycles. The molecule has 0 aromatic carbocycles. The second-order valence-corrected chi connectivity index (χ2v) is 4.72. The van der Waals surface area contributed by atoms with Crippen molar-refractivity contribution < 1.29 is 9.47 Å². The first-order valence-electron chi connectivity index (χ1n) is 6.38. The van der Waals surface area contributed by atoms with Gasteiger partial charge in [0.15, 0.2) is 6.29 Å². The number of hydrogen-bond acceptors (Lipinski definition) is 2. The lowest BCUT2D eigenvalue weighted by Crippen LogP contribution is -2.39. The maximum atomic E-state index is 5.81. The van der Waals surface area contributed by atoms with Gasteiger partial charge in [-0.1, -0.05) is 20.8 Å². The van der Waals surface area contributed by atoms with Gasteiger partial charge < -0.3 is 9.47 Å². The van der Waals surface area contributed by atoms with Crippen molar-refractivity contribution in [2.45, 2.75) is 59.4 Å². The third-order valence-electron chi connectivity index (χ3n) is 3.21. The Balaban J connectivity index is 2.29. The van der Waals surface area contributed by atoms with Crippen LogP contribution in [0.2, 0.25) is 0 Å². The van der Waals surface area contributed by atoms with E-state index in [-0.39, 0.29) is 6.29 Å². The Labute approximate surface area is 99.7 Å². The van der Waals surface area contributed by atoms with Crippen LogP contribution in [0.4, 0.5) is 0 Å². The molecule has 0 saturated carbocycles. The Morgan fingerprint density at radius 3 is 2.69 bits per heavy atom. The van der Waals surface area contributed by atoms with Crippen molar-refractivity contribution in [3.63, 3.8) is 0 Å². The molecule has 2 nitrogen and oxygen atoms in total. The van der Waals surface area contributed by atoms with Gasteiger partial charge in [-0.25, -0.2) is 0 Å². The molecule has 92 valence electrons. The molecule has 0 aliphatic carbocycles. The van der Waals surface area contributed by atoms with E-state index in [2.05, 4.69) is 39.5 Å². The molecule has 0 aromatic heterocycles. The van der Waals surface area contributed by atoms with Gasteiger partial charge in [0, 0.05) is 18.8 Å². The number of rotatable bonds is 3. The Morgan fingerprint density at radius 2 is 2.00 bits per heavy atom. The second-order valence-electron chi connectivity index (χ2n) is 4.72. The molecule has 0 bridgehead atoms. The smallest absolute Gasteiger partial charge is 0.160 e. The fourth-order valence-corrected chi connectivity index (χ4v) is 2.05. The third kappa shape index (κ3) is 4.15. The average molecular weight is 224 g/mol. The van der Waals surface area contributed by atoms with Gasteiger partial charge in [0.05, 0.1) is 12.7 Å². The summed E-state index contributed by atoms with van der Waals surface area (Å²) in [7, 11) is 0. The van der Waals surface area contributed by atoms with Gasteiger partial charge >= 0.3 is 0 Å². The highest BCUT2D eigenvalue weighted by atomic mass is 16.7. The Morgan fingerprint density at radius 1 is 1.25 bits per heavy atom. The summed E-state index contributed by atoms with van der Waals surface area (Å²) < 4.78 is 11.6. The number of hydrogen-bond donors (Lipinski definition) is 0. The first kappa shape index (κ1) is 13.5. The molecule has 1 aliphatic rings. The molecular formula is C14H24O2. The van der Waals surface area contributed by atoms with Crippen molar-refractivity contribution in [1.29, 1.82) is 0 Å². The molecule has 2 unspecified atom stereocenters. The summed E-state index contributed by atoms with van der Waals surface area (Å²) >= 11 is 0. The lowest BCUT2D eigenvalue weighted by molar-refractivity contribution is -0.226. The largest absolute Gasteiger partial charge is 0.351 e. The van der Waals surface area contributed by atoms with E-state index in [1.807, 2.05) is 0 Å². The molecule has 16 heavy (non-hydrogen) atoms. The Hall–Kier alpha value is -0.520. The zero-order valence-corrected chi connectivity index (χ0v) is 11.0. The molecule has 2 heteroatoms. The van der Waals surface area contributed by atoms with Crippen molar-refractivity contribution in [2.75, 3.05) is 6.61 Å². The normalized spacial score (nSPS) is 34.2. The van der Waals surface area contributed by atoms with E-state index < -0.39 is 0 Å². The molecule has 0 N–H and O–H groups in total. The van der Waals surface area contributed by atoms with Crippen LogP contribution in [0.15, 0.2) is 0 Å². The summed E-state index contributed by atoms with van der Waals surface area (Å²) in [6, 6.07) is 0. The van der Waals surface area contributed by atoms with E-state index >= 15 is 0 Å². The van der Waals surface area contributed by atoms with Gasteiger partial charge in [0.25, 0.3) is 0 Å². The first-order valence-corrected chi connectivity index (χ1v) is 6.38. The standard InChI is InChI=1S/C14H24O2/c1-5-6-7-8-9-15-14-13(4)11(2)10-12(3)16-14/h11-14H,5,8-10H2,1-4H3/t11?,12?,13-,14-/m1/s1. The van der Waals surface area contributed by atoms with E-state index in [0.717, 1.165) is 19.3 Å². The molecule has 1 saturated heterocycles. The summed E-state index contributed by atoms with van der Waals surface area (Å²) in [5, 5.41) is 0. The van der Waals surface area contributed by atoms with Gasteiger partial charge in [0.1, 0.15) is 0 Å². The minimum atomic E-state index is -0.0397. The van der Waals surface area contributed by atoms with Crippen LogP contribution in [0, 0.1) is 23.7 Å². The fourth-order valence-electron chi connectivity index (χ4n) is 2.05. The molecule has 1 heterocycles. The van der Waals surface area contributed by atoms with E-state index in [4.69, 9.17) is 9.47 Å². The molecule has 1 fully saturated rings. The highest BCUT2D eigenvalue weighted by Crippen LogP contribution is 2.30. The molecule has 0 aromatic rings. The molecule has 1 rings (SSSR count). The first-order chi connectivity index (χ1) is 7.65. The topological polar surface area (TPSA) is 18.5 Å². The average Bonchev–Trinajstić information content (AvgIpc) is 2.24. The monoisotopic (exact) mass is 224 g/mol. The zero-order valence-electron chi connectivity index (χ0n) is 11.0. The van der Waals surface area contributed by atoms with E-state index in [1.165, 1.54) is 0 Å². The predicted octanol–water partition coefficient (Wildman–Crippen LogP) is 3.21. The van der Waals surface area contributed by atoms with Crippen molar-refractivity contribution in [2.24, 2.45) is 11.8 Å². The van der Waals surface area contributed by atoms with E-state index in [1.54, 1.807) is 0 Å². The van der Waals surface area contributed by atoms with E-state index in [9.17, 15) is 0 Å². The van der Waals surface area contributed by atoms with Crippen LogP contribution in [-0.4, -0.2) is 19.0 Å². The summed E-state index contributed by atoms with van der Waals surface area (Å²) in [4.78, 5) is 0. The third-order valence-corrected chi connectivity index (χ3v) is 3.21. The van der Waals surface area contributed by atoms with Gasteiger partial charge in [-0.3, -0.25) is 0 Å². The molecule has 0 spiro atoms. The van der Waals surface area contributed by atoms with Crippen molar-refractivity contribution in [3.8, 4) is 11.8 Å². The van der Waals surface area contributed by atoms with Crippen LogP contribution in [0.1, 0.15) is 47.0 Å². The summed E-state index contributed by atoms with van der Waals surface area (Å²) in [6.45, 7) is 9.34. The summed E-state index contributed by atoms with van der Waals surface area (Å²) in [5.41, 5.74) is 0. The number of ether oxygens (including phenoxy) is 2. The second kappa shape index (κ2) is 6.93. The minimum absolute atomic E-state index is 0.0397. The Kier molecular flexibility index (Phi) is 5.87. The summed E-state index contributed by atoms with van der Waals surface area (Å²) in [6.07, 6.45) is 3.14. The van der Waals surface area contributed by atoms with Crippen LogP contribution in [0.5, 0.6) is 0 Å². The van der Waals surface area contributed by atoms with Crippen LogP contribution >= 0.6 is 0 Å². The van der Waals surface area contributed by atoms with Crippen LogP contribution in [0.3, 0.4) is 0 Å². The quantitative estimate of drug-likeness (QED) is 0.541. The highest BCUT2D eigenvalue weighted by molar-refractivity contribution is 4.97. The lowest BCUT2D eigenvalue weighted by Gasteiger charge is -2.37.